The van der Waals surface area contributed by atoms with Gasteiger partial charge >= 0.3 is 0 Å². The average Bonchev–Trinajstić information content (AvgIpc) is 3.09. The van der Waals surface area contributed by atoms with E-state index in [1.54, 1.807) is 0 Å². The van der Waals surface area contributed by atoms with E-state index in [1.807, 2.05) is 0 Å². The summed E-state index contributed by atoms with van der Waals surface area (Å²) < 4.78 is 0. The van der Waals surface area contributed by atoms with Crippen molar-refractivity contribution in [1.82, 2.24) is 0 Å². The zero-order valence-electron chi connectivity index (χ0n) is 24.1. The van der Waals surface area contributed by atoms with E-state index in [4.69, 9.17) is 0 Å². The van der Waals surface area contributed by atoms with Crippen LogP contribution in [-0.2, 0) is 0 Å². The van der Waals surface area contributed by atoms with Gasteiger partial charge in [0.05, 0.1) is 22.7 Å². The fourth-order valence-corrected chi connectivity index (χ4v) is 7.00. The van der Waals surface area contributed by atoms with Crippen LogP contribution in [-0.4, -0.2) is 0 Å². The molecule has 0 aromatic heterocycles. The summed E-state index contributed by atoms with van der Waals surface area (Å²) in [6.07, 6.45) is 0. The Bertz CT molecular complexity index is 2260. The van der Waals surface area contributed by atoms with Gasteiger partial charge in [0.25, 0.3) is 0 Å². The number of para-hydroxylation sites is 1. The molecule has 1 heterocycles. The highest BCUT2D eigenvalue weighted by Crippen LogP contribution is 2.51. The monoisotopic (exact) mass is 560 g/mol. The largest absolute Gasteiger partial charge is 0.309 e. The molecule has 9 rings (SSSR count). The molecule has 1 aliphatic heterocycles. The lowest BCUT2D eigenvalue weighted by Crippen LogP contribution is -2.15. The Morgan fingerprint density at radius 3 is 1.57 bits per heavy atom. The van der Waals surface area contributed by atoms with Crippen LogP contribution in [0, 0.1) is 0 Å². The van der Waals surface area contributed by atoms with Crippen molar-refractivity contribution in [2.75, 3.05) is 9.80 Å². The number of anilines is 6. The molecule has 1 aliphatic rings. The summed E-state index contributed by atoms with van der Waals surface area (Å²) in [5.41, 5.74) is 9.54. The second-order valence-corrected chi connectivity index (χ2v) is 11.4. The Morgan fingerprint density at radius 1 is 0.364 bits per heavy atom. The molecule has 2 heteroatoms. The Kier molecular flexibility index (Phi) is 5.54. The first-order chi connectivity index (χ1) is 21.8. The van der Waals surface area contributed by atoms with Gasteiger partial charge in [0.1, 0.15) is 0 Å². The van der Waals surface area contributed by atoms with Crippen LogP contribution in [0.2, 0.25) is 0 Å². The van der Waals surface area contributed by atoms with Gasteiger partial charge in [-0.15, -0.1) is 0 Å². The van der Waals surface area contributed by atoms with Crippen LogP contribution in [0.1, 0.15) is 0 Å². The normalized spacial score (nSPS) is 12.0. The van der Waals surface area contributed by atoms with Crippen molar-refractivity contribution in [3.8, 4) is 11.1 Å². The van der Waals surface area contributed by atoms with Gasteiger partial charge in [-0.1, -0.05) is 121 Å². The van der Waals surface area contributed by atoms with Crippen LogP contribution in [0.5, 0.6) is 0 Å². The smallest absolute Gasteiger partial charge is 0.0546 e. The predicted octanol–water partition coefficient (Wildman–Crippen LogP) is 12.1. The minimum Gasteiger partial charge on any atom is -0.309 e. The van der Waals surface area contributed by atoms with Crippen LogP contribution in [0.4, 0.5) is 34.1 Å². The summed E-state index contributed by atoms with van der Waals surface area (Å²) in [5, 5.41) is 7.45. The standard InChI is InChI=1S/C42H28N2/c1-3-17-34-29(11-1)13-8-22-38(34)43(39-23-9-14-30-12-2-4-18-35(30)39)32-25-27-33(28-26-32)44-40-21-6-5-19-36(40)37-20-7-15-31-16-10-24-41(44)42(31)37/h1-28H. The van der Waals surface area contributed by atoms with E-state index in [0.29, 0.717) is 0 Å². The third kappa shape index (κ3) is 3.75. The minimum absolute atomic E-state index is 1.12. The van der Waals surface area contributed by atoms with E-state index in [0.717, 1.165) is 22.7 Å². The number of hydrogen-bond acceptors (Lipinski definition) is 2. The summed E-state index contributed by atoms with van der Waals surface area (Å²) in [6.45, 7) is 0. The van der Waals surface area contributed by atoms with Crippen molar-refractivity contribution >= 4 is 66.4 Å². The molecular weight excluding hydrogens is 532 g/mol. The highest BCUT2D eigenvalue weighted by molar-refractivity contribution is 6.14. The number of hydrogen-bond donors (Lipinski definition) is 0. The zero-order chi connectivity index (χ0) is 29.0. The zero-order valence-corrected chi connectivity index (χ0v) is 24.1. The fourth-order valence-electron chi connectivity index (χ4n) is 7.00. The second kappa shape index (κ2) is 9.86. The topological polar surface area (TPSA) is 6.48 Å². The van der Waals surface area contributed by atoms with Gasteiger partial charge in [0.2, 0.25) is 0 Å². The summed E-state index contributed by atoms with van der Waals surface area (Å²) >= 11 is 0. The van der Waals surface area contributed by atoms with Gasteiger partial charge in [0, 0.05) is 33.1 Å². The Balaban J connectivity index is 1.25. The summed E-state index contributed by atoms with van der Waals surface area (Å²) in [4.78, 5) is 4.82. The first-order valence-electron chi connectivity index (χ1n) is 15.1. The second-order valence-electron chi connectivity index (χ2n) is 11.4. The average molecular weight is 561 g/mol. The van der Waals surface area contributed by atoms with Gasteiger partial charge in [-0.25, -0.2) is 0 Å². The lowest BCUT2D eigenvalue weighted by atomic mass is 9.91. The molecule has 2 nitrogen and oxygen atoms in total. The van der Waals surface area contributed by atoms with Gasteiger partial charge in [-0.05, 0) is 70.3 Å². The Hall–Kier alpha value is -5.86. The highest BCUT2D eigenvalue weighted by atomic mass is 15.2. The molecule has 0 saturated carbocycles. The molecular formula is C42H28N2. The number of rotatable bonds is 4. The van der Waals surface area contributed by atoms with E-state index in [1.165, 1.54) is 54.8 Å². The van der Waals surface area contributed by atoms with Crippen molar-refractivity contribution in [2.24, 2.45) is 0 Å². The van der Waals surface area contributed by atoms with Crippen LogP contribution < -0.4 is 9.80 Å². The molecule has 8 aromatic rings. The summed E-state index contributed by atoms with van der Waals surface area (Å²) in [5.74, 6) is 0. The van der Waals surface area contributed by atoms with Crippen molar-refractivity contribution in [3.63, 3.8) is 0 Å². The van der Waals surface area contributed by atoms with Crippen molar-refractivity contribution in [3.05, 3.63) is 170 Å². The molecule has 0 unspecified atom stereocenters. The Morgan fingerprint density at radius 2 is 0.864 bits per heavy atom. The van der Waals surface area contributed by atoms with Crippen LogP contribution in [0.3, 0.4) is 0 Å². The molecule has 44 heavy (non-hydrogen) atoms. The fraction of sp³-hybridized carbons (Fsp3) is 0. The Labute approximate surface area is 256 Å². The summed E-state index contributed by atoms with van der Waals surface area (Å²) in [7, 11) is 0. The van der Waals surface area contributed by atoms with E-state index in [-0.39, 0.29) is 0 Å². The number of nitrogens with zero attached hydrogens (tertiary/aromatic N) is 2. The maximum atomic E-state index is 2.41. The molecule has 0 spiro atoms. The third-order valence-electron chi connectivity index (χ3n) is 8.94. The minimum atomic E-state index is 1.12. The van der Waals surface area contributed by atoms with Crippen LogP contribution in [0.25, 0.3) is 43.4 Å². The predicted molar refractivity (Wildman–Crippen MR) is 187 cm³/mol. The number of benzene rings is 8. The van der Waals surface area contributed by atoms with Gasteiger partial charge < -0.3 is 9.80 Å². The van der Waals surface area contributed by atoms with E-state index in [2.05, 4.69) is 180 Å². The molecule has 0 amide bonds. The SMILES string of the molecule is c1ccc2c(c1)-c1cccc3cccc(c13)N2c1ccc(N(c2cccc3ccccc23)c2cccc3ccccc23)cc1. The quantitative estimate of drug-likeness (QED) is 0.211. The van der Waals surface area contributed by atoms with Crippen molar-refractivity contribution in [1.29, 1.82) is 0 Å². The van der Waals surface area contributed by atoms with E-state index < -0.39 is 0 Å². The van der Waals surface area contributed by atoms with Gasteiger partial charge in [-0.3, -0.25) is 0 Å². The van der Waals surface area contributed by atoms with E-state index in [9.17, 15) is 0 Å². The van der Waals surface area contributed by atoms with E-state index >= 15 is 0 Å². The molecule has 206 valence electrons. The summed E-state index contributed by atoms with van der Waals surface area (Å²) in [6, 6.07) is 61.5. The first-order valence-corrected chi connectivity index (χ1v) is 15.1. The van der Waals surface area contributed by atoms with Crippen LogP contribution >= 0.6 is 0 Å². The van der Waals surface area contributed by atoms with Gasteiger partial charge in [-0.2, -0.15) is 0 Å². The molecule has 8 aromatic carbocycles. The van der Waals surface area contributed by atoms with Crippen molar-refractivity contribution < 1.29 is 0 Å². The molecule has 0 atom stereocenters. The molecule has 0 N–H and O–H groups in total. The lowest BCUT2D eigenvalue weighted by Gasteiger charge is -2.34. The molecule has 0 bridgehead atoms. The maximum Gasteiger partial charge on any atom is 0.0546 e. The lowest BCUT2D eigenvalue weighted by molar-refractivity contribution is 1.27. The first kappa shape index (κ1) is 24.7. The van der Waals surface area contributed by atoms with Gasteiger partial charge in [0.15, 0.2) is 0 Å². The molecule has 0 aliphatic carbocycles. The molecule has 0 fully saturated rings. The maximum absolute atomic E-state index is 2.41. The highest BCUT2D eigenvalue weighted by Gasteiger charge is 2.26. The third-order valence-corrected chi connectivity index (χ3v) is 8.94. The molecule has 0 radical (unpaired) electrons. The molecule has 0 saturated heterocycles. The van der Waals surface area contributed by atoms with Crippen LogP contribution in [0.15, 0.2) is 170 Å². The van der Waals surface area contributed by atoms with Crippen molar-refractivity contribution in [2.45, 2.75) is 0 Å². The number of fused-ring (bicyclic) bond motifs is 4.